The van der Waals surface area contributed by atoms with Crippen LogP contribution in [0.15, 0.2) is 24.3 Å². The van der Waals surface area contributed by atoms with Crippen molar-refractivity contribution in [2.75, 3.05) is 17.2 Å². The molecule has 0 aliphatic carbocycles. The first-order valence-corrected chi connectivity index (χ1v) is 6.93. The molecule has 0 saturated carbocycles. The van der Waals surface area contributed by atoms with Crippen molar-refractivity contribution in [3.8, 4) is 0 Å². The van der Waals surface area contributed by atoms with Crippen molar-refractivity contribution >= 4 is 17.3 Å². The molecule has 1 amide bonds. The van der Waals surface area contributed by atoms with E-state index in [0.29, 0.717) is 11.7 Å². The molecular formula is C15H24N2O2. The number of aliphatic hydroxyl groups is 1. The van der Waals surface area contributed by atoms with E-state index >= 15 is 0 Å². The first-order chi connectivity index (χ1) is 9.15. The largest absolute Gasteiger partial charge is 0.387 e. The fraction of sp³-hybridized carbons (Fsp3) is 0.533. The van der Waals surface area contributed by atoms with Crippen LogP contribution < -0.4 is 10.6 Å². The Labute approximate surface area is 115 Å². The van der Waals surface area contributed by atoms with Crippen LogP contribution in [0.4, 0.5) is 11.4 Å². The van der Waals surface area contributed by atoms with Gasteiger partial charge in [0, 0.05) is 17.4 Å². The van der Waals surface area contributed by atoms with Crippen LogP contribution >= 0.6 is 0 Å². The van der Waals surface area contributed by atoms with Gasteiger partial charge in [-0.15, -0.1) is 0 Å². The summed E-state index contributed by atoms with van der Waals surface area (Å²) in [6, 6.07) is 7.96. The zero-order valence-electron chi connectivity index (χ0n) is 11.8. The number of anilines is 2. The van der Waals surface area contributed by atoms with Gasteiger partial charge in [-0.05, 0) is 31.5 Å². The second kappa shape index (κ2) is 8.53. The Hall–Kier alpha value is -1.55. The number of amides is 1. The maximum absolute atomic E-state index is 11.1. The molecule has 0 heterocycles. The van der Waals surface area contributed by atoms with Crippen LogP contribution in [0.2, 0.25) is 0 Å². The predicted octanol–water partition coefficient (Wildman–Crippen LogP) is 3.00. The molecule has 0 aromatic heterocycles. The molecule has 0 spiro atoms. The molecule has 1 aromatic rings. The van der Waals surface area contributed by atoms with E-state index in [1.165, 1.54) is 19.3 Å². The summed E-state index contributed by atoms with van der Waals surface area (Å²) in [5.41, 5.74) is 1.68. The average Bonchev–Trinajstić information content (AvgIpc) is 2.39. The number of hydrogen-bond donors (Lipinski definition) is 3. The number of hydrogen-bond acceptors (Lipinski definition) is 3. The Morgan fingerprint density at radius 2 is 2.05 bits per heavy atom. The Balaban J connectivity index is 2.49. The van der Waals surface area contributed by atoms with Crippen LogP contribution in [0.5, 0.6) is 0 Å². The van der Waals surface area contributed by atoms with Gasteiger partial charge in [0.05, 0.1) is 0 Å². The van der Waals surface area contributed by atoms with Crippen molar-refractivity contribution in [1.82, 2.24) is 0 Å². The summed E-state index contributed by atoms with van der Waals surface area (Å²) >= 11 is 0. The van der Waals surface area contributed by atoms with Gasteiger partial charge in [0.1, 0.15) is 6.61 Å². The van der Waals surface area contributed by atoms with E-state index in [1.807, 2.05) is 18.2 Å². The van der Waals surface area contributed by atoms with E-state index in [1.54, 1.807) is 6.07 Å². The molecule has 1 atom stereocenters. The van der Waals surface area contributed by atoms with Gasteiger partial charge in [-0.3, -0.25) is 4.79 Å². The lowest BCUT2D eigenvalue weighted by atomic mass is 10.1. The Kier molecular flexibility index (Phi) is 6.97. The lowest BCUT2D eigenvalue weighted by Crippen LogP contribution is -2.17. The number of carbonyl (C=O) groups excluding carboxylic acids is 1. The van der Waals surface area contributed by atoms with Crippen LogP contribution in [-0.2, 0) is 4.79 Å². The second-order valence-corrected chi connectivity index (χ2v) is 4.83. The van der Waals surface area contributed by atoms with Gasteiger partial charge in [0.25, 0.3) is 0 Å². The SMILES string of the molecule is CCCCCC(C)Nc1cccc(NC(=O)CO)c1. The number of unbranched alkanes of at least 4 members (excludes halogenated alkanes) is 2. The highest BCUT2D eigenvalue weighted by Gasteiger charge is 2.04. The van der Waals surface area contributed by atoms with Gasteiger partial charge in [-0.2, -0.15) is 0 Å². The van der Waals surface area contributed by atoms with Crippen LogP contribution in [0, 0.1) is 0 Å². The van der Waals surface area contributed by atoms with E-state index in [4.69, 9.17) is 5.11 Å². The van der Waals surface area contributed by atoms with Crippen LogP contribution in [-0.4, -0.2) is 23.7 Å². The van der Waals surface area contributed by atoms with Gasteiger partial charge >= 0.3 is 0 Å². The third-order valence-electron chi connectivity index (χ3n) is 2.94. The molecule has 4 nitrogen and oxygen atoms in total. The number of aliphatic hydroxyl groups excluding tert-OH is 1. The number of carbonyl (C=O) groups is 1. The van der Waals surface area contributed by atoms with E-state index < -0.39 is 12.5 Å². The molecule has 0 bridgehead atoms. The summed E-state index contributed by atoms with van der Waals surface area (Å²) < 4.78 is 0. The van der Waals surface area contributed by atoms with Crippen molar-refractivity contribution in [3.63, 3.8) is 0 Å². The molecule has 0 saturated heterocycles. The van der Waals surface area contributed by atoms with Gasteiger partial charge in [-0.1, -0.05) is 32.3 Å². The van der Waals surface area contributed by atoms with Crippen molar-refractivity contribution in [2.24, 2.45) is 0 Å². The Bertz CT molecular complexity index is 393. The fourth-order valence-electron chi connectivity index (χ4n) is 1.94. The average molecular weight is 264 g/mol. The minimum absolute atomic E-state index is 0.395. The summed E-state index contributed by atoms with van der Waals surface area (Å²) in [7, 11) is 0. The topological polar surface area (TPSA) is 61.4 Å². The molecule has 0 radical (unpaired) electrons. The lowest BCUT2D eigenvalue weighted by Gasteiger charge is -2.16. The minimum atomic E-state index is -0.495. The molecule has 19 heavy (non-hydrogen) atoms. The van der Waals surface area contributed by atoms with Gasteiger partial charge < -0.3 is 15.7 Å². The Morgan fingerprint density at radius 1 is 1.32 bits per heavy atom. The van der Waals surface area contributed by atoms with Gasteiger partial charge in [-0.25, -0.2) is 0 Å². The highest BCUT2D eigenvalue weighted by atomic mass is 16.3. The number of rotatable bonds is 8. The Morgan fingerprint density at radius 3 is 2.74 bits per heavy atom. The molecule has 4 heteroatoms. The normalized spacial score (nSPS) is 11.9. The van der Waals surface area contributed by atoms with Crippen molar-refractivity contribution in [1.29, 1.82) is 0 Å². The molecule has 0 aliphatic rings. The third kappa shape index (κ3) is 6.25. The first-order valence-electron chi connectivity index (χ1n) is 6.93. The lowest BCUT2D eigenvalue weighted by molar-refractivity contribution is -0.118. The summed E-state index contributed by atoms with van der Waals surface area (Å²) in [5.74, 6) is -0.395. The highest BCUT2D eigenvalue weighted by molar-refractivity contribution is 5.91. The second-order valence-electron chi connectivity index (χ2n) is 4.83. The monoisotopic (exact) mass is 264 g/mol. The van der Waals surface area contributed by atoms with Gasteiger partial charge in [0.2, 0.25) is 5.91 Å². The summed E-state index contributed by atoms with van der Waals surface area (Å²) in [4.78, 5) is 11.1. The van der Waals surface area contributed by atoms with E-state index in [2.05, 4.69) is 24.5 Å². The minimum Gasteiger partial charge on any atom is -0.387 e. The van der Waals surface area contributed by atoms with Crippen molar-refractivity contribution in [3.05, 3.63) is 24.3 Å². The fourth-order valence-corrected chi connectivity index (χ4v) is 1.94. The quantitative estimate of drug-likeness (QED) is 0.632. The maximum Gasteiger partial charge on any atom is 0.250 e. The van der Waals surface area contributed by atoms with E-state index in [-0.39, 0.29) is 0 Å². The zero-order chi connectivity index (χ0) is 14.1. The van der Waals surface area contributed by atoms with Crippen molar-refractivity contribution in [2.45, 2.75) is 45.6 Å². The molecule has 1 rings (SSSR count). The summed E-state index contributed by atoms with van der Waals surface area (Å²) in [6.45, 7) is 3.87. The van der Waals surface area contributed by atoms with Crippen molar-refractivity contribution < 1.29 is 9.90 Å². The third-order valence-corrected chi connectivity index (χ3v) is 2.94. The molecule has 3 N–H and O–H groups in total. The van der Waals surface area contributed by atoms with Crippen LogP contribution in [0.1, 0.15) is 39.5 Å². The molecule has 106 valence electrons. The highest BCUT2D eigenvalue weighted by Crippen LogP contribution is 2.17. The molecular weight excluding hydrogens is 240 g/mol. The van der Waals surface area contributed by atoms with E-state index in [9.17, 15) is 4.79 Å². The standard InChI is InChI=1S/C15H24N2O2/c1-3-4-5-7-12(2)16-13-8-6-9-14(10-13)17-15(19)11-18/h6,8-10,12,16,18H,3-5,7,11H2,1-2H3,(H,17,19). The zero-order valence-corrected chi connectivity index (χ0v) is 11.8. The maximum atomic E-state index is 11.1. The van der Waals surface area contributed by atoms with Crippen LogP contribution in [0.25, 0.3) is 0 Å². The van der Waals surface area contributed by atoms with Crippen LogP contribution in [0.3, 0.4) is 0 Å². The molecule has 0 aliphatic heterocycles. The predicted molar refractivity (Wildman–Crippen MR) is 79.4 cm³/mol. The summed E-state index contributed by atoms with van der Waals surface area (Å²) in [5, 5.41) is 14.8. The summed E-state index contributed by atoms with van der Waals surface area (Å²) in [6.07, 6.45) is 4.86. The van der Waals surface area contributed by atoms with E-state index in [0.717, 1.165) is 12.1 Å². The van der Waals surface area contributed by atoms with Gasteiger partial charge in [0.15, 0.2) is 0 Å². The molecule has 1 aromatic carbocycles. The number of benzene rings is 1. The molecule has 0 fully saturated rings. The number of nitrogens with one attached hydrogen (secondary N) is 2. The smallest absolute Gasteiger partial charge is 0.250 e. The first kappa shape index (κ1) is 15.5. The molecule has 1 unspecified atom stereocenters.